The second-order valence-corrected chi connectivity index (χ2v) is 4.07. The first-order valence-corrected chi connectivity index (χ1v) is 4.70. The van der Waals surface area contributed by atoms with E-state index in [-0.39, 0.29) is 11.6 Å². The van der Waals surface area contributed by atoms with Gasteiger partial charge in [-0.25, -0.2) is 0 Å². The predicted molar refractivity (Wildman–Crippen MR) is 53.7 cm³/mol. The zero-order chi connectivity index (χ0) is 10.3. The van der Waals surface area contributed by atoms with Crippen LogP contribution in [0.1, 0.15) is 20.3 Å². The molecule has 0 bridgehead atoms. The number of carbonyl (C=O) groups is 2. The molecular weight excluding hydrogens is 176 g/mol. The molecule has 0 aromatic heterocycles. The highest BCUT2D eigenvalue weighted by atomic mass is 16.1. The molecule has 0 saturated carbocycles. The second kappa shape index (κ2) is 2.77. The number of hydrogen-bond acceptors (Lipinski definition) is 2. The van der Waals surface area contributed by atoms with Crippen LogP contribution in [0.3, 0.4) is 0 Å². The minimum absolute atomic E-state index is 0.0195. The highest BCUT2D eigenvalue weighted by molar-refractivity contribution is 6.20. The van der Waals surface area contributed by atoms with Gasteiger partial charge in [0.25, 0.3) is 0 Å². The SMILES string of the molecule is CC1=CC(=O)C2=CC=CCC2(C)C1=O. The normalized spacial score (nSPS) is 31.0. The Labute approximate surface area is 83.0 Å². The maximum absolute atomic E-state index is 11.9. The highest BCUT2D eigenvalue weighted by Crippen LogP contribution is 2.40. The van der Waals surface area contributed by atoms with Gasteiger partial charge in [0.2, 0.25) is 0 Å². The van der Waals surface area contributed by atoms with E-state index >= 15 is 0 Å². The zero-order valence-corrected chi connectivity index (χ0v) is 8.33. The fraction of sp³-hybridized carbons (Fsp3) is 0.333. The molecule has 0 heterocycles. The molecule has 2 aliphatic rings. The van der Waals surface area contributed by atoms with Gasteiger partial charge < -0.3 is 0 Å². The van der Waals surface area contributed by atoms with E-state index in [1.807, 2.05) is 19.1 Å². The monoisotopic (exact) mass is 188 g/mol. The number of Topliss-reactive ketones (excluding diaryl/α,β-unsaturated/α-hetero) is 1. The molecule has 0 fully saturated rings. The van der Waals surface area contributed by atoms with Crippen LogP contribution in [0.25, 0.3) is 0 Å². The minimum Gasteiger partial charge on any atom is -0.294 e. The number of carbonyl (C=O) groups excluding carboxylic acids is 2. The first-order valence-electron chi connectivity index (χ1n) is 4.70. The molecule has 72 valence electrons. The number of rotatable bonds is 0. The van der Waals surface area contributed by atoms with Crippen molar-refractivity contribution < 1.29 is 9.59 Å². The topological polar surface area (TPSA) is 34.1 Å². The molecule has 0 N–H and O–H groups in total. The van der Waals surface area contributed by atoms with E-state index in [1.54, 1.807) is 13.0 Å². The van der Waals surface area contributed by atoms with Gasteiger partial charge in [-0.2, -0.15) is 0 Å². The average Bonchev–Trinajstić information content (AvgIpc) is 2.15. The summed E-state index contributed by atoms with van der Waals surface area (Å²) in [5.74, 6) is 0.0571. The van der Waals surface area contributed by atoms with Gasteiger partial charge in [-0.05, 0) is 31.9 Å². The Morgan fingerprint density at radius 1 is 1.36 bits per heavy atom. The molecule has 0 radical (unpaired) electrons. The summed E-state index contributed by atoms with van der Waals surface area (Å²) in [6.45, 7) is 3.56. The molecule has 0 saturated heterocycles. The molecule has 2 nitrogen and oxygen atoms in total. The van der Waals surface area contributed by atoms with Gasteiger partial charge in [-0.3, -0.25) is 9.59 Å². The summed E-state index contributed by atoms with van der Waals surface area (Å²) in [6, 6.07) is 0. The van der Waals surface area contributed by atoms with Gasteiger partial charge in [0.15, 0.2) is 11.6 Å². The summed E-state index contributed by atoms with van der Waals surface area (Å²) in [4.78, 5) is 23.6. The molecule has 2 aliphatic carbocycles. The fourth-order valence-electron chi connectivity index (χ4n) is 2.11. The van der Waals surface area contributed by atoms with Crippen molar-refractivity contribution >= 4 is 11.6 Å². The van der Waals surface area contributed by atoms with E-state index in [4.69, 9.17) is 0 Å². The van der Waals surface area contributed by atoms with Crippen LogP contribution in [0.4, 0.5) is 0 Å². The van der Waals surface area contributed by atoms with Crippen molar-refractivity contribution in [2.24, 2.45) is 5.41 Å². The molecule has 0 aromatic rings. The van der Waals surface area contributed by atoms with Crippen molar-refractivity contribution in [1.82, 2.24) is 0 Å². The highest BCUT2D eigenvalue weighted by Gasteiger charge is 2.43. The van der Waals surface area contributed by atoms with Gasteiger partial charge in [0.1, 0.15) is 0 Å². The van der Waals surface area contributed by atoms with E-state index in [2.05, 4.69) is 0 Å². The number of hydrogen-bond donors (Lipinski definition) is 0. The lowest BCUT2D eigenvalue weighted by atomic mass is 9.67. The van der Waals surface area contributed by atoms with Crippen LogP contribution in [0, 0.1) is 5.41 Å². The molecule has 0 aliphatic heterocycles. The molecule has 0 spiro atoms. The van der Waals surface area contributed by atoms with Crippen molar-refractivity contribution in [3.8, 4) is 0 Å². The largest absolute Gasteiger partial charge is 0.294 e. The third-order valence-corrected chi connectivity index (χ3v) is 2.99. The Morgan fingerprint density at radius 2 is 2.07 bits per heavy atom. The Bertz CT molecular complexity index is 410. The van der Waals surface area contributed by atoms with Gasteiger partial charge in [0, 0.05) is 5.57 Å². The van der Waals surface area contributed by atoms with E-state index in [0.29, 0.717) is 17.6 Å². The van der Waals surface area contributed by atoms with Crippen LogP contribution in [-0.2, 0) is 9.59 Å². The average molecular weight is 188 g/mol. The minimum atomic E-state index is -0.606. The summed E-state index contributed by atoms with van der Waals surface area (Å²) >= 11 is 0. The Balaban J connectivity index is 2.61. The van der Waals surface area contributed by atoms with E-state index in [0.717, 1.165) is 0 Å². The summed E-state index contributed by atoms with van der Waals surface area (Å²) in [5, 5.41) is 0. The van der Waals surface area contributed by atoms with Crippen molar-refractivity contribution in [2.75, 3.05) is 0 Å². The van der Waals surface area contributed by atoms with Gasteiger partial charge >= 0.3 is 0 Å². The zero-order valence-electron chi connectivity index (χ0n) is 8.33. The van der Waals surface area contributed by atoms with Gasteiger partial charge in [-0.1, -0.05) is 18.2 Å². The number of ketones is 2. The molecular formula is C12H12O2. The smallest absolute Gasteiger partial charge is 0.183 e. The number of allylic oxidation sites excluding steroid dienone is 6. The van der Waals surface area contributed by atoms with Gasteiger partial charge in [-0.15, -0.1) is 0 Å². The van der Waals surface area contributed by atoms with Gasteiger partial charge in [0.05, 0.1) is 5.41 Å². The maximum Gasteiger partial charge on any atom is 0.183 e. The maximum atomic E-state index is 11.9. The molecule has 14 heavy (non-hydrogen) atoms. The lowest BCUT2D eigenvalue weighted by Crippen LogP contribution is -2.37. The third kappa shape index (κ3) is 1.03. The third-order valence-electron chi connectivity index (χ3n) is 2.99. The second-order valence-electron chi connectivity index (χ2n) is 4.07. The van der Waals surface area contributed by atoms with Crippen molar-refractivity contribution in [2.45, 2.75) is 20.3 Å². The standard InChI is InChI=1S/C12H12O2/c1-8-7-10(13)9-5-3-4-6-12(9,2)11(8)14/h3-5,7H,6H2,1-2H3. The van der Waals surface area contributed by atoms with Crippen LogP contribution in [0.15, 0.2) is 35.5 Å². The van der Waals surface area contributed by atoms with E-state index in [9.17, 15) is 9.59 Å². The fourth-order valence-corrected chi connectivity index (χ4v) is 2.11. The quantitative estimate of drug-likeness (QED) is 0.582. The molecule has 1 unspecified atom stereocenters. The first-order chi connectivity index (χ1) is 6.55. The van der Waals surface area contributed by atoms with Crippen LogP contribution in [-0.4, -0.2) is 11.6 Å². The van der Waals surface area contributed by atoms with Crippen molar-refractivity contribution in [3.05, 3.63) is 35.5 Å². The summed E-state index contributed by atoms with van der Waals surface area (Å²) < 4.78 is 0. The van der Waals surface area contributed by atoms with Crippen LogP contribution in [0.2, 0.25) is 0 Å². The van der Waals surface area contributed by atoms with Crippen LogP contribution < -0.4 is 0 Å². The summed E-state index contributed by atoms with van der Waals surface area (Å²) in [5.41, 5.74) is 0.602. The number of fused-ring (bicyclic) bond motifs is 1. The van der Waals surface area contributed by atoms with E-state index in [1.165, 1.54) is 6.08 Å². The molecule has 2 heteroatoms. The summed E-state index contributed by atoms with van der Waals surface area (Å²) in [7, 11) is 0. The molecule has 0 aromatic carbocycles. The summed E-state index contributed by atoms with van der Waals surface area (Å²) in [6.07, 6.45) is 7.61. The van der Waals surface area contributed by atoms with Crippen LogP contribution >= 0.6 is 0 Å². The van der Waals surface area contributed by atoms with Crippen LogP contribution in [0.5, 0.6) is 0 Å². The molecule has 1 atom stereocenters. The van der Waals surface area contributed by atoms with Crippen molar-refractivity contribution in [1.29, 1.82) is 0 Å². The Morgan fingerprint density at radius 3 is 2.79 bits per heavy atom. The first kappa shape index (κ1) is 9.13. The molecule has 0 amide bonds. The molecule has 2 rings (SSSR count). The lowest BCUT2D eigenvalue weighted by Gasteiger charge is -2.33. The Kier molecular flexibility index (Phi) is 1.81. The predicted octanol–water partition coefficient (Wildman–Crippen LogP) is 1.98. The van der Waals surface area contributed by atoms with Crippen molar-refractivity contribution in [3.63, 3.8) is 0 Å². The van der Waals surface area contributed by atoms with E-state index < -0.39 is 5.41 Å². The lowest BCUT2D eigenvalue weighted by molar-refractivity contribution is -0.126. The Hall–Kier alpha value is -1.44.